The highest BCUT2D eigenvalue weighted by atomic mass is 79.9. The van der Waals surface area contributed by atoms with Gasteiger partial charge in [-0.25, -0.2) is 0 Å². The van der Waals surface area contributed by atoms with Crippen LogP contribution in [0.4, 0.5) is 0 Å². The van der Waals surface area contributed by atoms with Crippen molar-refractivity contribution in [2.24, 2.45) is 0 Å². The summed E-state index contributed by atoms with van der Waals surface area (Å²) in [5.41, 5.74) is 1.13. The number of benzene rings is 1. The van der Waals surface area contributed by atoms with E-state index in [0.29, 0.717) is 6.61 Å². The van der Waals surface area contributed by atoms with Crippen LogP contribution in [0.25, 0.3) is 0 Å². The molecule has 0 heterocycles. The van der Waals surface area contributed by atoms with E-state index in [1.165, 1.54) is 0 Å². The maximum Gasteiger partial charge on any atom is 0.0661 e. The van der Waals surface area contributed by atoms with E-state index in [4.69, 9.17) is 16.3 Å². The fraction of sp³-hybridized carbons (Fsp3) is 0.500. The van der Waals surface area contributed by atoms with E-state index in [1.807, 2.05) is 25.2 Å². The van der Waals surface area contributed by atoms with Gasteiger partial charge in [0.1, 0.15) is 0 Å². The summed E-state index contributed by atoms with van der Waals surface area (Å²) in [6.07, 6.45) is 1.03. The molecule has 1 atom stereocenters. The van der Waals surface area contributed by atoms with Crippen molar-refractivity contribution in [2.75, 3.05) is 20.3 Å². The molecule has 1 aromatic rings. The zero-order chi connectivity index (χ0) is 12.0. The van der Waals surface area contributed by atoms with Crippen molar-refractivity contribution < 1.29 is 4.74 Å². The minimum absolute atomic E-state index is 0.166. The Balaban J connectivity index is 2.73. The number of ether oxygens (including phenoxy) is 1. The van der Waals surface area contributed by atoms with Gasteiger partial charge in [-0.05, 0) is 37.2 Å². The standard InChI is InChI=1S/C12H17BrClNO/c1-3-6-16-8-12(15-2)10-7-9(14)4-5-11(10)13/h4-5,7,12,15H,3,6,8H2,1-2H3. The lowest BCUT2D eigenvalue weighted by Gasteiger charge is -2.18. The Morgan fingerprint density at radius 1 is 1.50 bits per heavy atom. The summed E-state index contributed by atoms with van der Waals surface area (Å²) in [6, 6.07) is 5.96. The average Bonchev–Trinajstić information content (AvgIpc) is 2.28. The maximum atomic E-state index is 5.99. The van der Waals surface area contributed by atoms with Gasteiger partial charge in [-0.1, -0.05) is 34.5 Å². The Morgan fingerprint density at radius 2 is 2.25 bits per heavy atom. The van der Waals surface area contributed by atoms with E-state index in [-0.39, 0.29) is 6.04 Å². The van der Waals surface area contributed by atoms with E-state index >= 15 is 0 Å². The fourth-order valence-electron chi connectivity index (χ4n) is 1.46. The van der Waals surface area contributed by atoms with Crippen molar-refractivity contribution in [3.63, 3.8) is 0 Å². The molecule has 1 unspecified atom stereocenters. The van der Waals surface area contributed by atoms with E-state index in [1.54, 1.807) is 0 Å². The molecule has 0 saturated carbocycles. The molecule has 0 radical (unpaired) electrons. The molecular formula is C12H17BrClNO. The summed E-state index contributed by atoms with van der Waals surface area (Å²) in [4.78, 5) is 0. The predicted octanol–water partition coefficient (Wildman–Crippen LogP) is 3.79. The van der Waals surface area contributed by atoms with Crippen LogP contribution >= 0.6 is 27.5 Å². The van der Waals surface area contributed by atoms with Crippen LogP contribution in [0.3, 0.4) is 0 Å². The molecule has 0 aliphatic heterocycles. The summed E-state index contributed by atoms with van der Waals surface area (Å²) < 4.78 is 6.61. The molecule has 1 N–H and O–H groups in total. The highest BCUT2D eigenvalue weighted by Crippen LogP contribution is 2.26. The first-order chi connectivity index (χ1) is 7.69. The fourth-order valence-corrected chi connectivity index (χ4v) is 2.16. The number of hydrogen-bond donors (Lipinski definition) is 1. The van der Waals surface area contributed by atoms with Gasteiger partial charge in [0, 0.05) is 16.1 Å². The SMILES string of the molecule is CCCOCC(NC)c1cc(Cl)ccc1Br. The lowest BCUT2D eigenvalue weighted by Crippen LogP contribution is -2.22. The topological polar surface area (TPSA) is 21.3 Å². The Kier molecular flexibility index (Phi) is 6.36. The first-order valence-electron chi connectivity index (χ1n) is 5.39. The number of halogens is 2. The molecule has 16 heavy (non-hydrogen) atoms. The predicted molar refractivity (Wildman–Crippen MR) is 72.1 cm³/mol. The van der Waals surface area contributed by atoms with Crippen LogP contribution in [0, 0.1) is 0 Å². The number of rotatable bonds is 6. The van der Waals surface area contributed by atoms with Gasteiger partial charge in [0.15, 0.2) is 0 Å². The molecule has 0 aliphatic carbocycles. The lowest BCUT2D eigenvalue weighted by molar-refractivity contribution is 0.114. The Bertz CT molecular complexity index is 333. The number of nitrogens with one attached hydrogen (secondary N) is 1. The van der Waals surface area contributed by atoms with Gasteiger partial charge in [0.25, 0.3) is 0 Å². The summed E-state index contributed by atoms with van der Waals surface area (Å²) >= 11 is 9.52. The highest BCUT2D eigenvalue weighted by Gasteiger charge is 2.13. The van der Waals surface area contributed by atoms with Crippen LogP contribution in [-0.2, 0) is 4.74 Å². The second-order valence-electron chi connectivity index (χ2n) is 3.58. The highest BCUT2D eigenvalue weighted by molar-refractivity contribution is 9.10. The molecule has 4 heteroatoms. The third-order valence-corrected chi connectivity index (χ3v) is 3.27. The average molecular weight is 307 g/mol. The Hall–Kier alpha value is -0.0900. The Labute approximate surface area is 110 Å². The van der Waals surface area contributed by atoms with Crippen LogP contribution in [0.2, 0.25) is 5.02 Å². The first kappa shape index (κ1) is 14.0. The van der Waals surface area contributed by atoms with E-state index < -0.39 is 0 Å². The summed E-state index contributed by atoms with van der Waals surface area (Å²) in [5.74, 6) is 0. The van der Waals surface area contributed by atoms with Crippen molar-refractivity contribution in [3.8, 4) is 0 Å². The van der Waals surface area contributed by atoms with E-state index in [9.17, 15) is 0 Å². The first-order valence-corrected chi connectivity index (χ1v) is 6.56. The van der Waals surface area contributed by atoms with Gasteiger partial charge in [0.2, 0.25) is 0 Å². The molecule has 90 valence electrons. The van der Waals surface area contributed by atoms with Crippen molar-refractivity contribution in [1.82, 2.24) is 5.32 Å². The smallest absolute Gasteiger partial charge is 0.0661 e. The van der Waals surface area contributed by atoms with Crippen molar-refractivity contribution >= 4 is 27.5 Å². The molecule has 0 saturated heterocycles. The van der Waals surface area contributed by atoms with E-state index in [0.717, 1.165) is 28.1 Å². The number of hydrogen-bond acceptors (Lipinski definition) is 2. The summed E-state index contributed by atoms with van der Waals surface area (Å²) in [7, 11) is 1.92. The van der Waals surface area contributed by atoms with Crippen LogP contribution in [0.15, 0.2) is 22.7 Å². The third-order valence-electron chi connectivity index (χ3n) is 2.31. The van der Waals surface area contributed by atoms with Crippen LogP contribution in [-0.4, -0.2) is 20.3 Å². The molecular weight excluding hydrogens is 289 g/mol. The third kappa shape index (κ3) is 4.06. The molecule has 0 bridgehead atoms. The Morgan fingerprint density at radius 3 is 2.88 bits per heavy atom. The van der Waals surface area contributed by atoms with Gasteiger partial charge >= 0.3 is 0 Å². The summed E-state index contributed by atoms with van der Waals surface area (Å²) in [6.45, 7) is 3.54. The zero-order valence-corrected chi connectivity index (χ0v) is 11.9. The number of likely N-dealkylation sites (N-methyl/N-ethyl adjacent to an activating group) is 1. The second kappa shape index (κ2) is 7.28. The van der Waals surface area contributed by atoms with Gasteiger partial charge in [-0.15, -0.1) is 0 Å². The van der Waals surface area contributed by atoms with Crippen LogP contribution in [0.5, 0.6) is 0 Å². The van der Waals surface area contributed by atoms with Gasteiger partial charge in [-0.2, -0.15) is 0 Å². The van der Waals surface area contributed by atoms with Crippen LogP contribution in [0.1, 0.15) is 24.9 Å². The quantitative estimate of drug-likeness (QED) is 0.807. The van der Waals surface area contributed by atoms with Crippen molar-refractivity contribution in [1.29, 1.82) is 0 Å². The van der Waals surface area contributed by atoms with E-state index in [2.05, 4.69) is 28.2 Å². The molecule has 2 nitrogen and oxygen atoms in total. The van der Waals surface area contributed by atoms with Gasteiger partial charge in [0.05, 0.1) is 12.6 Å². The van der Waals surface area contributed by atoms with Gasteiger partial charge in [-0.3, -0.25) is 0 Å². The molecule has 1 rings (SSSR count). The molecule has 0 amide bonds. The second-order valence-corrected chi connectivity index (χ2v) is 4.87. The molecule has 0 aromatic heterocycles. The zero-order valence-electron chi connectivity index (χ0n) is 9.59. The van der Waals surface area contributed by atoms with Crippen molar-refractivity contribution in [3.05, 3.63) is 33.3 Å². The normalized spacial score (nSPS) is 12.8. The molecule has 0 spiro atoms. The monoisotopic (exact) mass is 305 g/mol. The van der Waals surface area contributed by atoms with Crippen LogP contribution < -0.4 is 5.32 Å². The molecule has 1 aromatic carbocycles. The van der Waals surface area contributed by atoms with Gasteiger partial charge < -0.3 is 10.1 Å². The minimum atomic E-state index is 0.166. The largest absolute Gasteiger partial charge is 0.379 e. The van der Waals surface area contributed by atoms with Crippen molar-refractivity contribution in [2.45, 2.75) is 19.4 Å². The summed E-state index contributed by atoms with van der Waals surface area (Å²) in [5, 5.41) is 3.98. The lowest BCUT2D eigenvalue weighted by atomic mass is 10.1. The maximum absolute atomic E-state index is 5.99. The molecule has 0 fully saturated rings. The minimum Gasteiger partial charge on any atom is -0.379 e. The molecule has 0 aliphatic rings.